The van der Waals surface area contributed by atoms with Crippen molar-refractivity contribution in [1.29, 1.82) is 0 Å². The number of aliphatic hydroxyl groups excluding tert-OH is 1. The summed E-state index contributed by atoms with van der Waals surface area (Å²) in [5, 5.41) is 10.1. The first-order valence-corrected chi connectivity index (χ1v) is 5.65. The second kappa shape index (κ2) is 4.74. The minimum atomic E-state index is -0.784. The lowest BCUT2D eigenvalue weighted by molar-refractivity contribution is -0.128. The topological polar surface area (TPSA) is 37.3 Å². The maximum Gasteiger partial charge on any atom is 0.138 e. The van der Waals surface area contributed by atoms with Crippen molar-refractivity contribution in [2.24, 2.45) is 5.92 Å². The zero-order chi connectivity index (χ0) is 11.5. The molecule has 1 aromatic rings. The molecule has 1 N–H and O–H groups in total. The fourth-order valence-corrected chi connectivity index (χ4v) is 2.24. The van der Waals surface area contributed by atoms with Crippen LogP contribution in [0.5, 0.6) is 0 Å². The molecule has 0 aromatic heterocycles. The fourth-order valence-electron chi connectivity index (χ4n) is 2.24. The summed E-state index contributed by atoms with van der Waals surface area (Å²) >= 11 is 0. The summed E-state index contributed by atoms with van der Waals surface area (Å²) < 4.78 is 12.7. The number of carbonyl (C=O) groups is 1. The van der Waals surface area contributed by atoms with E-state index in [1.807, 2.05) is 0 Å². The maximum atomic E-state index is 12.7. The molecule has 2 nitrogen and oxygen atoms in total. The van der Waals surface area contributed by atoms with E-state index in [1.54, 1.807) is 12.1 Å². The third kappa shape index (κ3) is 2.30. The average molecular weight is 222 g/mol. The molecular weight excluding hydrogens is 207 g/mol. The number of aliphatic hydroxyl groups is 1. The van der Waals surface area contributed by atoms with Crippen LogP contribution in [0.3, 0.4) is 0 Å². The van der Waals surface area contributed by atoms with Crippen LogP contribution in [0.25, 0.3) is 0 Å². The predicted octanol–water partition coefficient (Wildman–Crippen LogP) is 2.62. The van der Waals surface area contributed by atoms with E-state index in [1.165, 1.54) is 12.1 Å². The van der Waals surface area contributed by atoms with Crippen molar-refractivity contribution in [3.05, 3.63) is 35.6 Å². The summed E-state index contributed by atoms with van der Waals surface area (Å²) in [6.07, 6.45) is 2.41. The van der Waals surface area contributed by atoms with E-state index in [0.29, 0.717) is 12.0 Å². The molecule has 1 saturated carbocycles. The minimum absolute atomic E-state index is 0.128. The Balaban J connectivity index is 2.14. The molecule has 1 fully saturated rings. The van der Waals surface area contributed by atoms with Gasteiger partial charge in [-0.25, -0.2) is 4.39 Å². The average Bonchev–Trinajstić information content (AvgIpc) is 2.30. The largest absolute Gasteiger partial charge is 0.388 e. The third-order valence-corrected chi connectivity index (χ3v) is 3.19. The lowest BCUT2D eigenvalue weighted by Gasteiger charge is -2.25. The molecule has 86 valence electrons. The van der Waals surface area contributed by atoms with Crippen LogP contribution in [0.4, 0.5) is 4.39 Å². The van der Waals surface area contributed by atoms with Gasteiger partial charge in [-0.3, -0.25) is 4.79 Å². The number of halogens is 1. The second-order valence-electron chi connectivity index (χ2n) is 4.31. The van der Waals surface area contributed by atoms with Crippen molar-refractivity contribution in [3.63, 3.8) is 0 Å². The molecule has 0 saturated heterocycles. The van der Waals surface area contributed by atoms with Gasteiger partial charge in [-0.1, -0.05) is 18.6 Å². The van der Waals surface area contributed by atoms with Crippen LogP contribution in [-0.4, -0.2) is 10.9 Å². The number of rotatable bonds is 2. The summed E-state index contributed by atoms with van der Waals surface area (Å²) in [5.41, 5.74) is 0.627. The molecular formula is C13H15FO2. The first-order valence-electron chi connectivity index (χ1n) is 5.65. The Morgan fingerprint density at radius 1 is 1.25 bits per heavy atom. The molecule has 0 amide bonds. The molecule has 16 heavy (non-hydrogen) atoms. The highest BCUT2D eigenvalue weighted by atomic mass is 19.1. The van der Waals surface area contributed by atoms with Crippen LogP contribution in [-0.2, 0) is 4.79 Å². The van der Waals surface area contributed by atoms with E-state index < -0.39 is 6.10 Å². The van der Waals surface area contributed by atoms with Gasteiger partial charge < -0.3 is 5.11 Å². The first-order chi connectivity index (χ1) is 7.68. The number of ketones is 1. The molecule has 0 spiro atoms. The molecule has 1 aromatic carbocycles. The Kier molecular flexibility index (Phi) is 3.34. The number of hydrogen-bond acceptors (Lipinski definition) is 2. The Labute approximate surface area is 94.1 Å². The second-order valence-corrected chi connectivity index (χ2v) is 4.31. The quantitative estimate of drug-likeness (QED) is 0.835. The van der Waals surface area contributed by atoms with E-state index in [0.717, 1.165) is 19.3 Å². The molecule has 2 rings (SSSR count). The molecule has 2 atom stereocenters. The Bertz CT molecular complexity index is 372. The van der Waals surface area contributed by atoms with Crippen LogP contribution in [0.1, 0.15) is 37.4 Å². The van der Waals surface area contributed by atoms with Gasteiger partial charge in [0.15, 0.2) is 0 Å². The normalized spacial score (nSPS) is 23.1. The van der Waals surface area contributed by atoms with Crippen LogP contribution in [0.15, 0.2) is 24.3 Å². The SMILES string of the molecule is O=C1CCCC[C@@H]1[C@@H](O)c1ccc(F)cc1. The smallest absolute Gasteiger partial charge is 0.138 e. The van der Waals surface area contributed by atoms with Gasteiger partial charge >= 0.3 is 0 Å². The van der Waals surface area contributed by atoms with Crippen LogP contribution >= 0.6 is 0 Å². The highest BCUT2D eigenvalue weighted by Crippen LogP contribution is 2.31. The summed E-state index contributed by atoms with van der Waals surface area (Å²) in [6.45, 7) is 0. The Morgan fingerprint density at radius 3 is 2.56 bits per heavy atom. The Morgan fingerprint density at radius 2 is 1.94 bits per heavy atom. The first kappa shape index (κ1) is 11.3. The number of Topliss-reactive ketones (excluding diaryl/α,β-unsaturated/α-hetero) is 1. The van der Waals surface area contributed by atoms with E-state index in [9.17, 15) is 14.3 Å². The fraction of sp³-hybridized carbons (Fsp3) is 0.462. The molecule has 0 unspecified atom stereocenters. The van der Waals surface area contributed by atoms with Gasteiger partial charge in [-0.2, -0.15) is 0 Å². The number of carbonyl (C=O) groups excluding carboxylic acids is 1. The lowest BCUT2D eigenvalue weighted by atomic mass is 9.82. The number of benzene rings is 1. The lowest BCUT2D eigenvalue weighted by Crippen LogP contribution is -2.25. The van der Waals surface area contributed by atoms with E-state index in [4.69, 9.17) is 0 Å². The van der Waals surface area contributed by atoms with Gasteiger partial charge in [0, 0.05) is 12.3 Å². The minimum Gasteiger partial charge on any atom is -0.388 e. The molecule has 0 aliphatic heterocycles. The van der Waals surface area contributed by atoms with Gasteiger partial charge in [0.05, 0.1) is 6.10 Å². The summed E-state index contributed by atoms with van der Waals surface area (Å²) in [4.78, 5) is 11.6. The van der Waals surface area contributed by atoms with Crippen molar-refractivity contribution in [2.75, 3.05) is 0 Å². The van der Waals surface area contributed by atoms with Crippen molar-refractivity contribution in [2.45, 2.75) is 31.8 Å². The van der Waals surface area contributed by atoms with Gasteiger partial charge in [0.25, 0.3) is 0 Å². The highest BCUT2D eigenvalue weighted by Gasteiger charge is 2.29. The zero-order valence-electron chi connectivity index (χ0n) is 9.03. The predicted molar refractivity (Wildman–Crippen MR) is 58.3 cm³/mol. The molecule has 0 radical (unpaired) electrons. The van der Waals surface area contributed by atoms with Crippen molar-refractivity contribution in [3.8, 4) is 0 Å². The number of hydrogen-bond donors (Lipinski definition) is 1. The summed E-state index contributed by atoms with van der Waals surface area (Å²) in [5.74, 6) is -0.506. The van der Waals surface area contributed by atoms with Gasteiger partial charge in [-0.15, -0.1) is 0 Å². The van der Waals surface area contributed by atoms with Crippen molar-refractivity contribution < 1.29 is 14.3 Å². The van der Waals surface area contributed by atoms with Crippen LogP contribution < -0.4 is 0 Å². The summed E-state index contributed by atoms with van der Waals surface area (Å²) in [7, 11) is 0. The van der Waals surface area contributed by atoms with Crippen LogP contribution in [0, 0.1) is 11.7 Å². The summed E-state index contributed by atoms with van der Waals surface area (Å²) in [6, 6.07) is 5.71. The monoisotopic (exact) mass is 222 g/mol. The highest BCUT2D eigenvalue weighted by molar-refractivity contribution is 5.82. The molecule has 0 bridgehead atoms. The van der Waals surface area contributed by atoms with Gasteiger partial charge in [-0.05, 0) is 30.5 Å². The van der Waals surface area contributed by atoms with Gasteiger partial charge in [0.2, 0.25) is 0 Å². The maximum absolute atomic E-state index is 12.7. The van der Waals surface area contributed by atoms with Crippen molar-refractivity contribution in [1.82, 2.24) is 0 Å². The molecule has 1 aliphatic carbocycles. The zero-order valence-corrected chi connectivity index (χ0v) is 9.03. The third-order valence-electron chi connectivity index (χ3n) is 3.19. The van der Waals surface area contributed by atoms with E-state index >= 15 is 0 Å². The Hall–Kier alpha value is -1.22. The van der Waals surface area contributed by atoms with E-state index in [-0.39, 0.29) is 17.5 Å². The molecule has 1 aliphatic rings. The van der Waals surface area contributed by atoms with Crippen molar-refractivity contribution >= 4 is 5.78 Å². The molecule has 0 heterocycles. The van der Waals surface area contributed by atoms with E-state index in [2.05, 4.69) is 0 Å². The van der Waals surface area contributed by atoms with Crippen LogP contribution in [0.2, 0.25) is 0 Å². The van der Waals surface area contributed by atoms with Gasteiger partial charge in [0.1, 0.15) is 11.6 Å². The standard InChI is InChI=1S/C13H15FO2/c14-10-7-5-9(6-8-10)13(16)11-3-1-2-4-12(11)15/h5-8,11,13,16H,1-4H2/t11-,13-/m0/s1. The molecule has 3 heteroatoms.